The van der Waals surface area contributed by atoms with Crippen LogP contribution in [0, 0.1) is 6.92 Å². The van der Waals surface area contributed by atoms with Crippen molar-refractivity contribution in [2.75, 3.05) is 11.1 Å². The van der Waals surface area contributed by atoms with Crippen LogP contribution in [0.2, 0.25) is 0 Å². The van der Waals surface area contributed by atoms with Crippen molar-refractivity contribution in [3.8, 4) is 0 Å². The quantitative estimate of drug-likeness (QED) is 0.838. The number of amides is 1. The zero-order valence-corrected chi connectivity index (χ0v) is 11.4. The SMILES string of the molecule is Cc1c(N)cccc1NC(=O)c1ncccc1Br. The molecule has 0 atom stereocenters. The normalized spacial score (nSPS) is 10.1. The Balaban J connectivity index is 2.27. The van der Waals surface area contributed by atoms with Crippen LogP contribution in [-0.2, 0) is 0 Å². The fourth-order valence-corrected chi connectivity index (χ4v) is 1.96. The van der Waals surface area contributed by atoms with Crippen LogP contribution in [0.3, 0.4) is 0 Å². The number of carbonyl (C=O) groups is 1. The van der Waals surface area contributed by atoms with Gasteiger partial charge >= 0.3 is 0 Å². The molecule has 1 aromatic carbocycles. The molecule has 0 radical (unpaired) electrons. The maximum absolute atomic E-state index is 12.1. The van der Waals surface area contributed by atoms with Crippen molar-refractivity contribution >= 4 is 33.2 Å². The molecule has 0 saturated heterocycles. The summed E-state index contributed by atoms with van der Waals surface area (Å²) >= 11 is 3.30. The summed E-state index contributed by atoms with van der Waals surface area (Å²) in [6.07, 6.45) is 1.58. The Morgan fingerprint density at radius 1 is 1.33 bits per heavy atom. The van der Waals surface area contributed by atoms with Crippen molar-refractivity contribution in [3.05, 3.63) is 52.3 Å². The molecule has 2 rings (SSSR count). The Kier molecular flexibility index (Phi) is 3.62. The van der Waals surface area contributed by atoms with Crippen LogP contribution in [0.25, 0.3) is 0 Å². The molecule has 3 N–H and O–H groups in total. The summed E-state index contributed by atoms with van der Waals surface area (Å²) in [7, 11) is 0. The predicted molar refractivity (Wildman–Crippen MR) is 75.5 cm³/mol. The van der Waals surface area contributed by atoms with Crippen molar-refractivity contribution in [1.29, 1.82) is 0 Å². The number of nitrogen functional groups attached to an aromatic ring is 1. The smallest absolute Gasteiger partial charge is 0.275 e. The molecule has 1 aromatic heterocycles. The number of hydrogen-bond acceptors (Lipinski definition) is 3. The number of pyridine rings is 1. The lowest BCUT2D eigenvalue weighted by atomic mass is 10.1. The molecule has 0 saturated carbocycles. The van der Waals surface area contributed by atoms with Gasteiger partial charge in [0.2, 0.25) is 0 Å². The van der Waals surface area contributed by atoms with E-state index >= 15 is 0 Å². The van der Waals surface area contributed by atoms with Gasteiger partial charge in [0, 0.05) is 22.0 Å². The second-order valence-electron chi connectivity index (χ2n) is 3.81. The summed E-state index contributed by atoms with van der Waals surface area (Å²) in [5.74, 6) is -0.267. The third kappa shape index (κ3) is 2.51. The van der Waals surface area contributed by atoms with Gasteiger partial charge in [-0.05, 0) is 52.7 Å². The number of nitrogens with zero attached hydrogens (tertiary/aromatic N) is 1. The van der Waals surface area contributed by atoms with Crippen LogP contribution in [-0.4, -0.2) is 10.9 Å². The van der Waals surface area contributed by atoms with Crippen LogP contribution >= 0.6 is 15.9 Å². The molecule has 0 aliphatic carbocycles. The maximum Gasteiger partial charge on any atom is 0.275 e. The van der Waals surface area contributed by atoms with Gasteiger partial charge in [0.05, 0.1) is 0 Å². The van der Waals surface area contributed by atoms with Crippen LogP contribution < -0.4 is 11.1 Å². The predicted octanol–water partition coefficient (Wildman–Crippen LogP) is 2.99. The first-order valence-corrected chi connectivity index (χ1v) is 6.16. The molecule has 5 heteroatoms. The summed E-state index contributed by atoms with van der Waals surface area (Å²) in [6, 6.07) is 8.92. The number of nitrogens with two attached hydrogens (primary N) is 1. The molecule has 0 spiro atoms. The summed E-state index contributed by atoms with van der Waals surface area (Å²) in [5.41, 5.74) is 8.32. The first kappa shape index (κ1) is 12.6. The van der Waals surface area contributed by atoms with E-state index < -0.39 is 0 Å². The minimum Gasteiger partial charge on any atom is -0.398 e. The van der Waals surface area contributed by atoms with E-state index in [0.717, 1.165) is 5.56 Å². The highest BCUT2D eigenvalue weighted by Gasteiger charge is 2.12. The van der Waals surface area contributed by atoms with Gasteiger partial charge < -0.3 is 11.1 Å². The second kappa shape index (κ2) is 5.18. The number of anilines is 2. The molecular weight excluding hydrogens is 294 g/mol. The zero-order chi connectivity index (χ0) is 13.1. The van der Waals surface area contributed by atoms with Crippen molar-refractivity contribution in [3.63, 3.8) is 0 Å². The topological polar surface area (TPSA) is 68.0 Å². The van der Waals surface area contributed by atoms with Gasteiger partial charge in [0.15, 0.2) is 0 Å². The van der Waals surface area contributed by atoms with Gasteiger partial charge in [-0.25, -0.2) is 4.98 Å². The number of carbonyl (C=O) groups excluding carboxylic acids is 1. The van der Waals surface area contributed by atoms with E-state index in [1.807, 2.05) is 6.92 Å². The van der Waals surface area contributed by atoms with Gasteiger partial charge in [-0.2, -0.15) is 0 Å². The molecule has 2 aromatic rings. The van der Waals surface area contributed by atoms with Gasteiger partial charge in [0.1, 0.15) is 5.69 Å². The Hall–Kier alpha value is -1.88. The molecule has 1 heterocycles. The van der Waals surface area contributed by atoms with Crippen molar-refractivity contribution in [2.24, 2.45) is 0 Å². The first-order valence-electron chi connectivity index (χ1n) is 5.36. The Morgan fingerprint density at radius 3 is 2.83 bits per heavy atom. The number of halogens is 1. The molecule has 1 amide bonds. The van der Waals surface area contributed by atoms with E-state index in [0.29, 0.717) is 21.5 Å². The Morgan fingerprint density at radius 2 is 2.11 bits per heavy atom. The summed E-state index contributed by atoms with van der Waals surface area (Å²) in [6.45, 7) is 1.86. The van der Waals surface area contributed by atoms with Gasteiger partial charge in [-0.1, -0.05) is 6.07 Å². The number of nitrogens with one attached hydrogen (secondary N) is 1. The molecular formula is C13H12BrN3O. The van der Waals surface area contributed by atoms with Crippen molar-refractivity contribution in [2.45, 2.75) is 6.92 Å². The number of benzene rings is 1. The number of aromatic nitrogens is 1. The highest BCUT2D eigenvalue weighted by Crippen LogP contribution is 2.22. The van der Waals surface area contributed by atoms with Gasteiger partial charge in [-0.3, -0.25) is 4.79 Å². The van der Waals surface area contributed by atoms with E-state index in [1.54, 1.807) is 36.5 Å². The lowest BCUT2D eigenvalue weighted by molar-refractivity contribution is 0.102. The number of hydrogen-bond donors (Lipinski definition) is 2. The van der Waals surface area contributed by atoms with E-state index in [4.69, 9.17) is 5.73 Å². The Bertz CT molecular complexity index is 599. The highest BCUT2D eigenvalue weighted by atomic mass is 79.9. The summed E-state index contributed by atoms with van der Waals surface area (Å²) in [4.78, 5) is 16.1. The molecule has 4 nitrogen and oxygen atoms in total. The molecule has 0 fully saturated rings. The third-order valence-corrected chi connectivity index (χ3v) is 3.24. The minimum absolute atomic E-state index is 0.267. The molecule has 0 unspecified atom stereocenters. The first-order chi connectivity index (χ1) is 8.59. The summed E-state index contributed by atoms with van der Waals surface area (Å²) in [5, 5.41) is 2.80. The van der Waals surface area contributed by atoms with Crippen LogP contribution in [0.4, 0.5) is 11.4 Å². The fourth-order valence-electron chi connectivity index (χ4n) is 1.52. The van der Waals surface area contributed by atoms with E-state index in [9.17, 15) is 4.79 Å². The third-order valence-electron chi connectivity index (χ3n) is 2.60. The monoisotopic (exact) mass is 305 g/mol. The molecule has 0 aliphatic heterocycles. The van der Waals surface area contributed by atoms with Gasteiger partial charge in [0.25, 0.3) is 5.91 Å². The average molecular weight is 306 g/mol. The molecule has 0 aliphatic rings. The lowest BCUT2D eigenvalue weighted by Crippen LogP contribution is -2.15. The molecule has 92 valence electrons. The highest BCUT2D eigenvalue weighted by molar-refractivity contribution is 9.10. The Labute approximate surface area is 113 Å². The largest absolute Gasteiger partial charge is 0.398 e. The lowest BCUT2D eigenvalue weighted by Gasteiger charge is -2.10. The average Bonchev–Trinajstić information content (AvgIpc) is 2.35. The van der Waals surface area contributed by atoms with Crippen LogP contribution in [0.1, 0.15) is 16.1 Å². The van der Waals surface area contributed by atoms with E-state index in [2.05, 4.69) is 26.2 Å². The molecule has 0 bridgehead atoms. The van der Waals surface area contributed by atoms with Crippen molar-refractivity contribution in [1.82, 2.24) is 4.98 Å². The molecule has 18 heavy (non-hydrogen) atoms. The summed E-state index contributed by atoms with van der Waals surface area (Å²) < 4.78 is 0.657. The standard InChI is InChI=1S/C13H12BrN3O/c1-8-10(15)5-2-6-11(8)17-13(18)12-9(14)4-3-7-16-12/h2-7H,15H2,1H3,(H,17,18). The maximum atomic E-state index is 12.1. The second-order valence-corrected chi connectivity index (χ2v) is 4.66. The van der Waals surface area contributed by atoms with Crippen molar-refractivity contribution < 1.29 is 4.79 Å². The number of rotatable bonds is 2. The minimum atomic E-state index is -0.267. The van der Waals surface area contributed by atoms with Crippen LogP contribution in [0.5, 0.6) is 0 Å². The van der Waals surface area contributed by atoms with Crippen LogP contribution in [0.15, 0.2) is 41.0 Å². The fraction of sp³-hybridized carbons (Fsp3) is 0.0769. The van der Waals surface area contributed by atoms with E-state index in [-0.39, 0.29) is 5.91 Å². The van der Waals surface area contributed by atoms with E-state index in [1.165, 1.54) is 0 Å². The van der Waals surface area contributed by atoms with Gasteiger partial charge in [-0.15, -0.1) is 0 Å². The zero-order valence-electron chi connectivity index (χ0n) is 9.77.